The summed E-state index contributed by atoms with van der Waals surface area (Å²) in [5.41, 5.74) is 1.68. The zero-order chi connectivity index (χ0) is 14.7. The van der Waals surface area contributed by atoms with Gasteiger partial charge >= 0.3 is 0 Å². The molecule has 0 amide bonds. The molecule has 20 heavy (non-hydrogen) atoms. The Hall–Kier alpha value is -1.88. The van der Waals surface area contributed by atoms with Gasteiger partial charge in [-0.05, 0) is 45.3 Å². The molecule has 106 valence electrons. The lowest BCUT2D eigenvalue weighted by molar-refractivity contribution is 0.373. The third-order valence-electron chi connectivity index (χ3n) is 2.99. The van der Waals surface area contributed by atoms with Crippen LogP contribution in [-0.2, 0) is 6.42 Å². The summed E-state index contributed by atoms with van der Waals surface area (Å²) in [4.78, 5) is 0. The van der Waals surface area contributed by atoms with Crippen LogP contribution >= 0.6 is 15.9 Å². The van der Waals surface area contributed by atoms with E-state index in [-0.39, 0.29) is 11.5 Å². The zero-order valence-electron chi connectivity index (χ0n) is 11.2. The van der Waals surface area contributed by atoms with Crippen molar-refractivity contribution in [2.24, 2.45) is 0 Å². The predicted molar refractivity (Wildman–Crippen MR) is 79.8 cm³/mol. The molecule has 0 aliphatic rings. The Balaban J connectivity index is 2.32. The molecule has 0 atom stereocenters. The Morgan fingerprint density at radius 3 is 2.30 bits per heavy atom. The Kier molecular flexibility index (Phi) is 4.39. The summed E-state index contributed by atoms with van der Waals surface area (Å²) in [6, 6.07) is 8.48. The lowest BCUT2D eigenvalue weighted by Crippen LogP contribution is -1.93. The quantitative estimate of drug-likeness (QED) is 0.896. The fourth-order valence-corrected chi connectivity index (χ4v) is 2.49. The summed E-state index contributed by atoms with van der Waals surface area (Å²) >= 11 is 3.39. The molecule has 2 aromatic rings. The smallest absolute Gasteiger partial charge is 0.160 e. The van der Waals surface area contributed by atoms with Gasteiger partial charge in [0.2, 0.25) is 0 Å². The van der Waals surface area contributed by atoms with E-state index in [0.717, 1.165) is 15.6 Å². The van der Waals surface area contributed by atoms with Gasteiger partial charge in [0.15, 0.2) is 11.5 Å². The highest BCUT2D eigenvalue weighted by Gasteiger charge is 2.10. The first-order valence-electron chi connectivity index (χ1n) is 5.96. The van der Waals surface area contributed by atoms with Crippen molar-refractivity contribution in [3.8, 4) is 23.0 Å². The number of aromatic hydroxyl groups is 2. The number of hydrogen-bond acceptors (Lipinski definition) is 4. The minimum absolute atomic E-state index is 0.0939. The van der Waals surface area contributed by atoms with Crippen molar-refractivity contribution < 1.29 is 19.7 Å². The van der Waals surface area contributed by atoms with E-state index in [1.54, 1.807) is 31.4 Å². The molecule has 0 radical (unpaired) electrons. The van der Waals surface area contributed by atoms with Gasteiger partial charge in [-0.2, -0.15) is 0 Å². The first-order valence-corrected chi connectivity index (χ1v) is 6.75. The summed E-state index contributed by atoms with van der Waals surface area (Å²) in [5, 5.41) is 19.6. The molecule has 4 nitrogen and oxygen atoms in total. The van der Waals surface area contributed by atoms with E-state index in [1.807, 2.05) is 6.07 Å². The molecular formula is C15H15BrO4. The molecule has 0 aliphatic heterocycles. The molecule has 0 heterocycles. The Morgan fingerprint density at radius 2 is 1.65 bits per heavy atom. The zero-order valence-corrected chi connectivity index (χ0v) is 12.8. The molecule has 0 saturated carbocycles. The molecule has 0 aromatic heterocycles. The van der Waals surface area contributed by atoms with Gasteiger partial charge in [-0.3, -0.25) is 0 Å². The fourth-order valence-electron chi connectivity index (χ4n) is 1.93. The summed E-state index contributed by atoms with van der Waals surface area (Å²) in [7, 11) is 3.05. The van der Waals surface area contributed by atoms with Gasteiger partial charge in [0, 0.05) is 12.5 Å². The largest absolute Gasteiger partial charge is 0.508 e. The molecule has 0 aliphatic carbocycles. The standard InChI is InChI=1S/C15H15BrO4/c1-19-14-8-13(18)10(7-11(14)16)5-9-3-4-12(17)15(6-9)20-2/h3-4,6-8,17-18H,5H2,1-2H3. The highest BCUT2D eigenvalue weighted by atomic mass is 79.9. The first kappa shape index (κ1) is 14.5. The number of phenols is 2. The van der Waals surface area contributed by atoms with Crippen molar-refractivity contribution >= 4 is 15.9 Å². The van der Waals surface area contributed by atoms with Crippen LogP contribution in [0.25, 0.3) is 0 Å². The molecular weight excluding hydrogens is 324 g/mol. The lowest BCUT2D eigenvalue weighted by atomic mass is 10.0. The molecule has 0 saturated heterocycles. The highest BCUT2D eigenvalue weighted by Crippen LogP contribution is 2.34. The Morgan fingerprint density at radius 1 is 0.950 bits per heavy atom. The van der Waals surface area contributed by atoms with Crippen LogP contribution < -0.4 is 9.47 Å². The number of benzene rings is 2. The molecule has 0 spiro atoms. The van der Waals surface area contributed by atoms with Crippen LogP contribution in [0.15, 0.2) is 34.8 Å². The summed E-state index contributed by atoms with van der Waals surface area (Å²) in [5.74, 6) is 1.25. The van der Waals surface area contributed by atoms with Gasteiger partial charge in [0.05, 0.1) is 18.7 Å². The van der Waals surface area contributed by atoms with Crippen LogP contribution in [0.3, 0.4) is 0 Å². The van der Waals surface area contributed by atoms with E-state index in [1.165, 1.54) is 7.11 Å². The van der Waals surface area contributed by atoms with Gasteiger partial charge in [-0.25, -0.2) is 0 Å². The van der Waals surface area contributed by atoms with Gasteiger partial charge in [0.25, 0.3) is 0 Å². The first-order chi connectivity index (χ1) is 9.55. The van der Waals surface area contributed by atoms with Gasteiger partial charge < -0.3 is 19.7 Å². The molecule has 2 aromatic carbocycles. The summed E-state index contributed by atoms with van der Waals surface area (Å²) < 4.78 is 11.0. The second-order valence-corrected chi connectivity index (χ2v) is 5.15. The lowest BCUT2D eigenvalue weighted by Gasteiger charge is -2.10. The van der Waals surface area contributed by atoms with Crippen molar-refractivity contribution in [2.45, 2.75) is 6.42 Å². The van der Waals surface area contributed by atoms with Gasteiger partial charge in [-0.1, -0.05) is 6.07 Å². The van der Waals surface area contributed by atoms with E-state index in [4.69, 9.17) is 9.47 Å². The van der Waals surface area contributed by atoms with Crippen LogP contribution in [0.2, 0.25) is 0 Å². The topological polar surface area (TPSA) is 58.9 Å². The SMILES string of the molecule is COc1cc(Cc2cc(Br)c(OC)cc2O)ccc1O. The van der Waals surface area contributed by atoms with Crippen molar-refractivity contribution in [2.75, 3.05) is 14.2 Å². The van der Waals surface area contributed by atoms with Crippen LogP contribution in [0.1, 0.15) is 11.1 Å². The molecule has 2 N–H and O–H groups in total. The molecule has 0 fully saturated rings. The molecule has 5 heteroatoms. The van der Waals surface area contributed by atoms with Crippen molar-refractivity contribution in [1.29, 1.82) is 0 Å². The highest BCUT2D eigenvalue weighted by molar-refractivity contribution is 9.10. The second-order valence-electron chi connectivity index (χ2n) is 4.30. The van der Waals surface area contributed by atoms with E-state index in [9.17, 15) is 10.2 Å². The van der Waals surface area contributed by atoms with Gasteiger partial charge in [0.1, 0.15) is 11.5 Å². The van der Waals surface area contributed by atoms with Crippen LogP contribution in [0.5, 0.6) is 23.0 Å². The van der Waals surface area contributed by atoms with Crippen LogP contribution in [0, 0.1) is 0 Å². The van der Waals surface area contributed by atoms with Crippen molar-refractivity contribution in [3.63, 3.8) is 0 Å². The Labute approximate surface area is 125 Å². The molecule has 2 rings (SSSR count). The number of methoxy groups -OCH3 is 2. The number of rotatable bonds is 4. The normalized spacial score (nSPS) is 10.3. The van der Waals surface area contributed by atoms with Crippen LogP contribution in [0.4, 0.5) is 0 Å². The van der Waals surface area contributed by atoms with Crippen LogP contribution in [-0.4, -0.2) is 24.4 Å². The minimum atomic E-state index is 0.0939. The maximum absolute atomic E-state index is 10.0. The average molecular weight is 339 g/mol. The van der Waals surface area contributed by atoms with E-state index < -0.39 is 0 Å². The third kappa shape index (κ3) is 2.99. The fraction of sp³-hybridized carbons (Fsp3) is 0.200. The Bertz CT molecular complexity index is 626. The summed E-state index contributed by atoms with van der Waals surface area (Å²) in [6.07, 6.45) is 0.519. The third-order valence-corrected chi connectivity index (χ3v) is 3.61. The van der Waals surface area contributed by atoms with Crippen molar-refractivity contribution in [3.05, 3.63) is 45.9 Å². The number of halogens is 1. The van der Waals surface area contributed by atoms with Gasteiger partial charge in [-0.15, -0.1) is 0 Å². The maximum atomic E-state index is 10.0. The second kappa shape index (κ2) is 6.05. The number of hydrogen-bond donors (Lipinski definition) is 2. The van der Waals surface area contributed by atoms with E-state index in [0.29, 0.717) is 17.9 Å². The minimum Gasteiger partial charge on any atom is -0.508 e. The number of ether oxygens (including phenoxy) is 2. The summed E-state index contributed by atoms with van der Waals surface area (Å²) in [6.45, 7) is 0. The number of phenolic OH excluding ortho intramolecular Hbond substituents is 2. The monoisotopic (exact) mass is 338 g/mol. The molecule has 0 unspecified atom stereocenters. The maximum Gasteiger partial charge on any atom is 0.160 e. The average Bonchev–Trinajstić information content (AvgIpc) is 2.44. The van der Waals surface area contributed by atoms with Crippen molar-refractivity contribution in [1.82, 2.24) is 0 Å². The van der Waals surface area contributed by atoms with E-state index >= 15 is 0 Å². The molecule has 0 bridgehead atoms. The predicted octanol–water partition coefficient (Wildman–Crippen LogP) is 3.47. The van der Waals surface area contributed by atoms with E-state index in [2.05, 4.69) is 15.9 Å².